The number of rotatable bonds is 5. The Morgan fingerprint density at radius 1 is 1.19 bits per heavy atom. The highest BCUT2D eigenvalue weighted by molar-refractivity contribution is 5.94. The lowest BCUT2D eigenvalue weighted by molar-refractivity contribution is 0.0949. The van der Waals surface area contributed by atoms with Crippen molar-refractivity contribution < 1.29 is 9.18 Å². The smallest absolute Gasteiger partial charge is 0.254 e. The maximum atomic E-state index is 12.9. The third-order valence-corrected chi connectivity index (χ3v) is 4.68. The molecule has 26 heavy (non-hydrogen) atoms. The lowest BCUT2D eigenvalue weighted by atomic mass is 10.2. The minimum absolute atomic E-state index is 0.228. The number of likely N-dealkylation sites (N-methyl/N-ethyl adjacent to an activating group) is 1. The summed E-state index contributed by atoms with van der Waals surface area (Å²) in [6, 6.07) is 6.06. The van der Waals surface area contributed by atoms with E-state index in [-0.39, 0.29) is 11.7 Å². The number of aromatic nitrogens is 2. The second-order valence-electron chi connectivity index (χ2n) is 6.40. The Bertz CT molecular complexity index is 757. The fourth-order valence-electron chi connectivity index (χ4n) is 2.97. The number of nitrogens with zero attached hydrogens (tertiary/aromatic N) is 4. The summed E-state index contributed by atoms with van der Waals surface area (Å²) in [6.45, 7) is 9.15. The van der Waals surface area contributed by atoms with Crippen molar-refractivity contribution in [2.45, 2.75) is 20.4 Å². The number of halogens is 1. The van der Waals surface area contributed by atoms with Gasteiger partial charge in [0.1, 0.15) is 5.82 Å². The van der Waals surface area contributed by atoms with Crippen molar-refractivity contribution in [1.29, 1.82) is 0 Å². The van der Waals surface area contributed by atoms with Crippen molar-refractivity contribution in [2.24, 2.45) is 0 Å². The molecule has 0 saturated carbocycles. The van der Waals surface area contributed by atoms with E-state index in [0.29, 0.717) is 23.8 Å². The Kier molecular flexibility index (Phi) is 5.78. The third kappa shape index (κ3) is 4.35. The number of piperazine rings is 1. The number of amides is 1. The first-order valence-corrected chi connectivity index (χ1v) is 8.90. The van der Waals surface area contributed by atoms with Crippen LogP contribution in [-0.4, -0.2) is 53.5 Å². The van der Waals surface area contributed by atoms with Gasteiger partial charge in [-0.15, -0.1) is 0 Å². The predicted molar refractivity (Wildman–Crippen MR) is 98.7 cm³/mol. The maximum absolute atomic E-state index is 12.9. The molecule has 0 spiro atoms. The summed E-state index contributed by atoms with van der Waals surface area (Å²) in [5.74, 6) is 0.155. The summed E-state index contributed by atoms with van der Waals surface area (Å²) in [6.07, 6.45) is 1.59. The van der Waals surface area contributed by atoms with E-state index in [2.05, 4.69) is 32.0 Å². The van der Waals surface area contributed by atoms with Crippen molar-refractivity contribution in [3.05, 3.63) is 53.1 Å². The molecule has 1 aromatic carbocycles. The molecule has 0 aliphatic carbocycles. The van der Waals surface area contributed by atoms with Gasteiger partial charge in [-0.2, -0.15) is 0 Å². The maximum Gasteiger partial charge on any atom is 0.254 e. The highest BCUT2D eigenvalue weighted by Gasteiger charge is 2.19. The van der Waals surface area contributed by atoms with Crippen LogP contribution < -0.4 is 10.2 Å². The van der Waals surface area contributed by atoms with Crippen molar-refractivity contribution >= 4 is 11.9 Å². The SMILES string of the molecule is CCN1CCN(c2ncc(C(=O)NCc3ccc(F)cc3)c(C)n2)CC1. The summed E-state index contributed by atoms with van der Waals surface area (Å²) in [5, 5.41) is 2.83. The highest BCUT2D eigenvalue weighted by Crippen LogP contribution is 2.14. The van der Waals surface area contributed by atoms with Gasteiger partial charge in [-0.05, 0) is 31.2 Å². The fourth-order valence-corrected chi connectivity index (χ4v) is 2.97. The quantitative estimate of drug-likeness (QED) is 0.887. The molecule has 1 fully saturated rings. The Morgan fingerprint density at radius 2 is 1.88 bits per heavy atom. The number of carbonyl (C=O) groups is 1. The molecule has 2 aromatic rings. The van der Waals surface area contributed by atoms with E-state index < -0.39 is 0 Å². The van der Waals surface area contributed by atoms with Gasteiger partial charge in [0, 0.05) is 38.9 Å². The average Bonchev–Trinajstić information content (AvgIpc) is 2.67. The zero-order valence-electron chi connectivity index (χ0n) is 15.2. The van der Waals surface area contributed by atoms with Gasteiger partial charge >= 0.3 is 0 Å². The molecule has 6 nitrogen and oxygen atoms in total. The summed E-state index contributed by atoms with van der Waals surface area (Å²) < 4.78 is 12.9. The second-order valence-corrected chi connectivity index (χ2v) is 6.40. The number of aryl methyl sites for hydroxylation is 1. The van der Waals surface area contributed by atoms with Crippen LogP contribution in [0, 0.1) is 12.7 Å². The molecule has 138 valence electrons. The van der Waals surface area contributed by atoms with E-state index in [9.17, 15) is 9.18 Å². The van der Waals surface area contributed by atoms with Crippen molar-refractivity contribution in [2.75, 3.05) is 37.6 Å². The molecular weight excluding hydrogens is 333 g/mol. The van der Waals surface area contributed by atoms with Crippen LogP contribution in [0.15, 0.2) is 30.5 Å². The van der Waals surface area contributed by atoms with Crippen LogP contribution in [0.4, 0.5) is 10.3 Å². The Hall–Kier alpha value is -2.54. The van der Waals surface area contributed by atoms with Crippen LogP contribution in [0.2, 0.25) is 0 Å². The summed E-state index contributed by atoms with van der Waals surface area (Å²) in [7, 11) is 0. The first-order valence-electron chi connectivity index (χ1n) is 8.90. The van der Waals surface area contributed by atoms with Crippen LogP contribution in [0.5, 0.6) is 0 Å². The van der Waals surface area contributed by atoms with Crippen LogP contribution in [0.3, 0.4) is 0 Å². The molecule has 1 aliphatic heterocycles. The molecule has 1 amide bonds. The van der Waals surface area contributed by atoms with Crippen molar-refractivity contribution in [1.82, 2.24) is 20.2 Å². The first kappa shape index (κ1) is 18.3. The molecule has 3 rings (SSSR count). The summed E-state index contributed by atoms with van der Waals surface area (Å²) in [5.41, 5.74) is 1.95. The van der Waals surface area contributed by atoms with Crippen LogP contribution >= 0.6 is 0 Å². The molecule has 0 atom stereocenters. The molecule has 0 bridgehead atoms. The molecular formula is C19H24FN5O. The molecule has 7 heteroatoms. The number of benzene rings is 1. The monoisotopic (exact) mass is 357 g/mol. The van der Waals surface area contributed by atoms with E-state index in [0.717, 1.165) is 38.3 Å². The minimum atomic E-state index is -0.292. The summed E-state index contributed by atoms with van der Waals surface area (Å²) >= 11 is 0. The van der Waals surface area contributed by atoms with Gasteiger partial charge in [0.25, 0.3) is 5.91 Å². The topological polar surface area (TPSA) is 61.4 Å². The third-order valence-electron chi connectivity index (χ3n) is 4.68. The molecule has 0 radical (unpaired) electrons. The molecule has 1 aliphatic rings. The normalized spacial score (nSPS) is 15.1. The van der Waals surface area contributed by atoms with Crippen molar-refractivity contribution in [3.63, 3.8) is 0 Å². The standard InChI is InChI=1S/C19H24FN5O/c1-3-24-8-10-25(11-9-24)19-22-13-17(14(2)23-19)18(26)21-12-15-4-6-16(20)7-5-15/h4-7,13H,3,8-12H2,1-2H3,(H,21,26). The molecule has 1 N–H and O–H groups in total. The van der Waals surface area contributed by atoms with E-state index in [1.165, 1.54) is 12.1 Å². The van der Waals surface area contributed by atoms with E-state index in [1.54, 1.807) is 18.3 Å². The Labute approximate surface area is 153 Å². The van der Waals surface area contributed by atoms with E-state index in [1.807, 2.05) is 6.92 Å². The van der Waals surface area contributed by atoms with Crippen molar-refractivity contribution in [3.8, 4) is 0 Å². The number of hydrogen-bond acceptors (Lipinski definition) is 5. The van der Waals surface area contributed by atoms with E-state index in [4.69, 9.17) is 0 Å². The minimum Gasteiger partial charge on any atom is -0.348 e. The average molecular weight is 357 g/mol. The second kappa shape index (κ2) is 8.23. The number of nitrogens with one attached hydrogen (secondary N) is 1. The van der Waals surface area contributed by atoms with Crippen LogP contribution in [-0.2, 0) is 6.54 Å². The Balaban J connectivity index is 1.61. The zero-order chi connectivity index (χ0) is 18.5. The van der Waals surface area contributed by atoms with Gasteiger partial charge < -0.3 is 15.1 Å². The Morgan fingerprint density at radius 3 is 2.50 bits per heavy atom. The molecule has 1 aromatic heterocycles. The zero-order valence-corrected chi connectivity index (χ0v) is 15.2. The van der Waals surface area contributed by atoms with Gasteiger partial charge in [-0.3, -0.25) is 4.79 Å². The number of hydrogen-bond donors (Lipinski definition) is 1. The molecule has 2 heterocycles. The fraction of sp³-hybridized carbons (Fsp3) is 0.421. The van der Waals surface area contributed by atoms with Gasteiger partial charge in [-0.1, -0.05) is 19.1 Å². The van der Waals surface area contributed by atoms with E-state index >= 15 is 0 Å². The number of anilines is 1. The highest BCUT2D eigenvalue weighted by atomic mass is 19.1. The molecule has 1 saturated heterocycles. The molecule has 0 unspecified atom stereocenters. The van der Waals surface area contributed by atoms with Gasteiger partial charge in [0.15, 0.2) is 0 Å². The van der Waals surface area contributed by atoms with Gasteiger partial charge in [0.05, 0.1) is 11.3 Å². The lowest BCUT2D eigenvalue weighted by Crippen LogP contribution is -2.46. The first-order chi connectivity index (χ1) is 12.6. The largest absolute Gasteiger partial charge is 0.348 e. The number of carbonyl (C=O) groups excluding carboxylic acids is 1. The van der Waals surface area contributed by atoms with Gasteiger partial charge in [0.2, 0.25) is 5.95 Å². The van der Waals surface area contributed by atoms with Crippen LogP contribution in [0.25, 0.3) is 0 Å². The predicted octanol–water partition coefficient (Wildman–Crippen LogP) is 2.00. The van der Waals surface area contributed by atoms with Gasteiger partial charge in [-0.25, -0.2) is 14.4 Å². The van der Waals surface area contributed by atoms with Crippen LogP contribution in [0.1, 0.15) is 28.5 Å². The summed E-state index contributed by atoms with van der Waals surface area (Å²) in [4.78, 5) is 25.8. The lowest BCUT2D eigenvalue weighted by Gasteiger charge is -2.34.